The number of fused-ring (bicyclic) bond motifs is 1. The molecule has 0 saturated heterocycles. The van der Waals surface area contributed by atoms with Crippen LogP contribution in [0.25, 0.3) is 21.3 Å². The Morgan fingerprint density at radius 3 is 2.77 bits per heavy atom. The molecule has 0 atom stereocenters. The molecule has 4 rings (SSSR count). The summed E-state index contributed by atoms with van der Waals surface area (Å²) in [6.45, 7) is 1.95. The van der Waals surface area contributed by atoms with E-state index in [4.69, 9.17) is 23.2 Å². The zero-order chi connectivity index (χ0) is 18.3. The Balaban J connectivity index is 1.78. The van der Waals surface area contributed by atoms with Crippen LogP contribution >= 0.6 is 34.5 Å². The summed E-state index contributed by atoms with van der Waals surface area (Å²) < 4.78 is 0. The van der Waals surface area contributed by atoms with E-state index in [1.807, 2.05) is 54.8 Å². The quantitative estimate of drug-likeness (QED) is 0.468. The van der Waals surface area contributed by atoms with Gasteiger partial charge in [-0.1, -0.05) is 41.4 Å². The van der Waals surface area contributed by atoms with E-state index in [-0.39, 0.29) is 5.56 Å². The molecule has 0 saturated carbocycles. The van der Waals surface area contributed by atoms with Gasteiger partial charge in [-0.05, 0) is 47.9 Å². The minimum Gasteiger partial charge on any atom is -0.310 e. The molecule has 0 aliphatic rings. The van der Waals surface area contributed by atoms with Gasteiger partial charge in [0.05, 0.1) is 5.39 Å². The highest BCUT2D eigenvalue weighted by molar-refractivity contribution is 7.17. The molecule has 3 nitrogen and oxygen atoms in total. The van der Waals surface area contributed by atoms with Crippen LogP contribution in [0.1, 0.15) is 17.0 Å². The van der Waals surface area contributed by atoms with E-state index in [0.29, 0.717) is 27.7 Å². The lowest BCUT2D eigenvalue weighted by Gasteiger charge is -2.05. The number of nitrogens with one attached hydrogen (secondary N) is 1. The highest BCUT2D eigenvalue weighted by Crippen LogP contribution is 2.32. The summed E-state index contributed by atoms with van der Waals surface area (Å²) in [4.78, 5) is 21.0. The van der Waals surface area contributed by atoms with Gasteiger partial charge in [0, 0.05) is 27.4 Å². The highest BCUT2D eigenvalue weighted by Gasteiger charge is 2.14. The van der Waals surface area contributed by atoms with E-state index < -0.39 is 0 Å². The molecule has 130 valence electrons. The minimum absolute atomic E-state index is 0.129. The van der Waals surface area contributed by atoms with Crippen molar-refractivity contribution in [2.75, 3.05) is 0 Å². The van der Waals surface area contributed by atoms with Crippen LogP contribution in [-0.4, -0.2) is 9.97 Å². The van der Waals surface area contributed by atoms with Gasteiger partial charge in [0.2, 0.25) is 0 Å². The first kappa shape index (κ1) is 17.3. The van der Waals surface area contributed by atoms with Crippen molar-refractivity contribution in [1.29, 1.82) is 0 Å². The van der Waals surface area contributed by atoms with E-state index in [1.54, 1.807) is 0 Å². The van der Waals surface area contributed by atoms with Gasteiger partial charge >= 0.3 is 0 Å². The fraction of sp³-hybridized carbons (Fsp3) is 0.100. The SMILES string of the molecule is Cc1cc(-c2csc3nc(Cc4cccc(Cl)c4)[nH]c(=O)c23)ccc1Cl. The van der Waals surface area contributed by atoms with Gasteiger partial charge in [0.1, 0.15) is 10.7 Å². The molecule has 6 heteroatoms. The number of hydrogen-bond donors (Lipinski definition) is 1. The molecule has 0 bridgehead atoms. The van der Waals surface area contributed by atoms with E-state index in [2.05, 4.69) is 9.97 Å². The van der Waals surface area contributed by atoms with Crippen LogP contribution in [0.3, 0.4) is 0 Å². The third-order valence-corrected chi connectivity index (χ3v) is 5.75. The number of aryl methyl sites for hydroxylation is 1. The number of benzene rings is 2. The van der Waals surface area contributed by atoms with E-state index in [9.17, 15) is 4.79 Å². The number of thiophene rings is 1. The number of H-pyrrole nitrogens is 1. The second-order valence-electron chi connectivity index (χ2n) is 6.11. The van der Waals surface area contributed by atoms with Gasteiger partial charge in [0.15, 0.2) is 0 Å². The van der Waals surface area contributed by atoms with Crippen LogP contribution in [0, 0.1) is 6.92 Å². The molecular formula is C20H14Cl2N2OS. The first-order chi connectivity index (χ1) is 12.5. The van der Waals surface area contributed by atoms with Crippen molar-refractivity contribution in [3.8, 4) is 11.1 Å². The maximum absolute atomic E-state index is 12.7. The highest BCUT2D eigenvalue weighted by atomic mass is 35.5. The molecule has 26 heavy (non-hydrogen) atoms. The summed E-state index contributed by atoms with van der Waals surface area (Å²) in [5, 5.41) is 3.97. The van der Waals surface area contributed by atoms with Crippen LogP contribution in [0.4, 0.5) is 0 Å². The standard InChI is InChI=1S/C20H14Cl2N2OS/c1-11-7-13(5-6-16(11)22)15-10-26-20-18(15)19(25)23-17(24-20)9-12-3-2-4-14(21)8-12/h2-8,10H,9H2,1H3,(H,23,24,25). The molecule has 2 aromatic heterocycles. The first-order valence-corrected chi connectivity index (χ1v) is 9.66. The molecule has 2 heterocycles. The topological polar surface area (TPSA) is 45.8 Å². The van der Waals surface area contributed by atoms with Crippen LogP contribution in [0.2, 0.25) is 10.0 Å². The Hall–Kier alpha value is -2.14. The van der Waals surface area contributed by atoms with Crippen LogP contribution < -0.4 is 5.56 Å². The van der Waals surface area contributed by atoms with Gasteiger partial charge in [-0.15, -0.1) is 11.3 Å². The molecule has 0 amide bonds. The Bertz CT molecular complexity index is 1180. The summed E-state index contributed by atoms with van der Waals surface area (Å²) in [6.07, 6.45) is 0.527. The van der Waals surface area contributed by atoms with Crippen molar-refractivity contribution in [3.05, 3.63) is 85.2 Å². The average Bonchev–Trinajstić information content (AvgIpc) is 3.02. The number of aromatic nitrogens is 2. The molecule has 0 unspecified atom stereocenters. The van der Waals surface area contributed by atoms with Gasteiger partial charge in [0.25, 0.3) is 5.56 Å². The summed E-state index contributed by atoms with van der Waals surface area (Å²) in [7, 11) is 0. The lowest BCUT2D eigenvalue weighted by atomic mass is 10.0. The Morgan fingerprint density at radius 1 is 1.15 bits per heavy atom. The lowest BCUT2D eigenvalue weighted by Crippen LogP contribution is -2.11. The monoisotopic (exact) mass is 400 g/mol. The van der Waals surface area contributed by atoms with Crippen LogP contribution in [-0.2, 0) is 6.42 Å². The van der Waals surface area contributed by atoms with Crippen molar-refractivity contribution < 1.29 is 0 Å². The largest absolute Gasteiger partial charge is 0.310 e. The van der Waals surface area contributed by atoms with Gasteiger partial charge < -0.3 is 4.98 Å². The summed E-state index contributed by atoms with van der Waals surface area (Å²) in [5.41, 5.74) is 3.70. The third-order valence-electron chi connectivity index (χ3n) is 4.22. The van der Waals surface area contributed by atoms with E-state index in [1.165, 1.54) is 11.3 Å². The number of aromatic amines is 1. The molecule has 1 N–H and O–H groups in total. The van der Waals surface area contributed by atoms with Crippen molar-refractivity contribution in [2.24, 2.45) is 0 Å². The number of rotatable bonds is 3. The van der Waals surface area contributed by atoms with Crippen LogP contribution in [0.5, 0.6) is 0 Å². The smallest absolute Gasteiger partial charge is 0.260 e. The maximum Gasteiger partial charge on any atom is 0.260 e. The van der Waals surface area contributed by atoms with Crippen molar-refractivity contribution in [1.82, 2.24) is 9.97 Å². The molecule has 0 fully saturated rings. The minimum atomic E-state index is -0.129. The molecule has 2 aromatic carbocycles. The predicted octanol–water partition coefficient (Wildman–Crippen LogP) is 5.86. The predicted molar refractivity (Wildman–Crippen MR) is 110 cm³/mol. The summed E-state index contributed by atoms with van der Waals surface area (Å²) in [6, 6.07) is 13.3. The molecule has 0 aliphatic carbocycles. The molecule has 0 spiro atoms. The zero-order valence-electron chi connectivity index (χ0n) is 13.8. The zero-order valence-corrected chi connectivity index (χ0v) is 16.2. The molecular weight excluding hydrogens is 387 g/mol. The number of hydrogen-bond acceptors (Lipinski definition) is 3. The molecule has 4 aromatic rings. The summed E-state index contributed by atoms with van der Waals surface area (Å²) >= 11 is 13.6. The van der Waals surface area contributed by atoms with Gasteiger partial charge in [-0.2, -0.15) is 0 Å². The third kappa shape index (κ3) is 3.28. The lowest BCUT2D eigenvalue weighted by molar-refractivity contribution is 0.977. The Morgan fingerprint density at radius 2 is 2.00 bits per heavy atom. The van der Waals surface area contributed by atoms with Crippen molar-refractivity contribution >= 4 is 44.8 Å². The average molecular weight is 401 g/mol. The molecule has 0 radical (unpaired) electrons. The number of nitrogens with zero attached hydrogens (tertiary/aromatic N) is 1. The Kier molecular flexibility index (Phi) is 4.57. The van der Waals surface area contributed by atoms with Crippen molar-refractivity contribution in [2.45, 2.75) is 13.3 Å². The number of halogens is 2. The van der Waals surface area contributed by atoms with Gasteiger partial charge in [-0.3, -0.25) is 4.79 Å². The fourth-order valence-electron chi connectivity index (χ4n) is 2.94. The second kappa shape index (κ2) is 6.88. The first-order valence-electron chi connectivity index (χ1n) is 8.02. The normalized spacial score (nSPS) is 11.2. The fourth-order valence-corrected chi connectivity index (χ4v) is 4.24. The van der Waals surface area contributed by atoms with Gasteiger partial charge in [-0.25, -0.2) is 4.98 Å². The van der Waals surface area contributed by atoms with E-state index in [0.717, 1.165) is 27.1 Å². The molecule has 0 aliphatic heterocycles. The summed E-state index contributed by atoms with van der Waals surface area (Å²) in [5.74, 6) is 0.630. The second-order valence-corrected chi connectivity index (χ2v) is 7.81. The Labute approximate surface area is 164 Å². The van der Waals surface area contributed by atoms with Crippen LogP contribution in [0.15, 0.2) is 52.6 Å². The van der Waals surface area contributed by atoms with Crippen molar-refractivity contribution in [3.63, 3.8) is 0 Å². The van der Waals surface area contributed by atoms with E-state index >= 15 is 0 Å². The maximum atomic E-state index is 12.7.